The molecule has 2 aromatic carbocycles. The van der Waals surface area contributed by atoms with E-state index in [9.17, 15) is 0 Å². The molecule has 0 aliphatic rings. The molecule has 0 aliphatic carbocycles. The minimum atomic E-state index is 0.220. The highest BCUT2D eigenvalue weighted by molar-refractivity contribution is 5.33. The van der Waals surface area contributed by atoms with Crippen LogP contribution in [0.2, 0.25) is 0 Å². The quantitative estimate of drug-likeness (QED) is 0.536. The molecule has 116 valence electrons. The molecule has 0 aliphatic heterocycles. The minimum absolute atomic E-state index is 0.220. The van der Waals surface area contributed by atoms with E-state index in [1.165, 1.54) is 11.1 Å². The molecule has 0 N–H and O–H groups in total. The van der Waals surface area contributed by atoms with Gasteiger partial charge in [0.2, 0.25) is 0 Å². The summed E-state index contributed by atoms with van der Waals surface area (Å²) in [7, 11) is 0. The molecular weight excluding hydrogens is 268 g/mol. The molecule has 0 aromatic heterocycles. The fraction of sp³-hybridized carbons (Fsp3) is 0.333. The van der Waals surface area contributed by atoms with Crippen molar-refractivity contribution in [1.82, 2.24) is 0 Å². The summed E-state index contributed by atoms with van der Waals surface area (Å²) < 4.78 is 5.89. The second-order valence-corrected chi connectivity index (χ2v) is 6.58. The summed E-state index contributed by atoms with van der Waals surface area (Å²) in [6.07, 6.45) is 3.39. The van der Waals surface area contributed by atoms with Gasteiger partial charge in [-0.05, 0) is 61.4 Å². The number of aryl methyl sites for hydroxylation is 1. The van der Waals surface area contributed by atoms with Crippen LogP contribution in [0.1, 0.15) is 39.2 Å². The van der Waals surface area contributed by atoms with Gasteiger partial charge in [-0.25, -0.2) is 0 Å². The molecule has 1 nitrogen and oxygen atoms in total. The van der Waals surface area contributed by atoms with E-state index in [-0.39, 0.29) is 5.41 Å². The number of hydrogen-bond donors (Lipinski definition) is 0. The molecular formula is C21H26O. The highest BCUT2D eigenvalue weighted by Gasteiger charge is 2.17. The molecule has 0 unspecified atom stereocenters. The van der Waals surface area contributed by atoms with Gasteiger partial charge in [0.1, 0.15) is 11.5 Å². The number of hydrogen-bond acceptors (Lipinski definition) is 1. The zero-order chi connectivity index (χ0) is 16.0. The van der Waals surface area contributed by atoms with Crippen LogP contribution in [0, 0.1) is 5.41 Å². The van der Waals surface area contributed by atoms with Gasteiger partial charge in [-0.2, -0.15) is 0 Å². The van der Waals surface area contributed by atoms with Crippen LogP contribution < -0.4 is 4.74 Å². The molecule has 0 radical (unpaired) electrons. The summed E-state index contributed by atoms with van der Waals surface area (Å²) in [4.78, 5) is 0. The minimum Gasteiger partial charge on any atom is -0.457 e. The average molecular weight is 294 g/mol. The van der Waals surface area contributed by atoms with Gasteiger partial charge in [-0.15, -0.1) is 0 Å². The molecule has 0 saturated carbocycles. The van der Waals surface area contributed by atoms with Gasteiger partial charge >= 0.3 is 0 Å². The van der Waals surface area contributed by atoms with Crippen molar-refractivity contribution in [2.75, 3.05) is 0 Å². The average Bonchev–Trinajstić information content (AvgIpc) is 2.48. The first kappa shape index (κ1) is 16.4. The summed E-state index contributed by atoms with van der Waals surface area (Å²) in [5.74, 6) is 1.78. The Morgan fingerprint density at radius 3 is 2.36 bits per heavy atom. The van der Waals surface area contributed by atoms with Crippen LogP contribution in [0.25, 0.3) is 0 Å². The van der Waals surface area contributed by atoms with Crippen molar-refractivity contribution < 1.29 is 4.74 Å². The zero-order valence-corrected chi connectivity index (χ0v) is 13.9. The Bertz CT molecular complexity index is 611. The maximum absolute atomic E-state index is 5.89. The molecule has 22 heavy (non-hydrogen) atoms. The summed E-state index contributed by atoms with van der Waals surface area (Å²) in [5.41, 5.74) is 2.80. The highest BCUT2D eigenvalue weighted by Crippen LogP contribution is 2.31. The number of benzene rings is 2. The van der Waals surface area contributed by atoms with Crippen molar-refractivity contribution in [3.8, 4) is 11.5 Å². The summed E-state index contributed by atoms with van der Waals surface area (Å²) >= 11 is 0. The Balaban J connectivity index is 1.93. The second-order valence-electron chi connectivity index (χ2n) is 6.58. The van der Waals surface area contributed by atoms with Crippen LogP contribution in [0.5, 0.6) is 11.5 Å². The molecule has 0 saturated heterocycles. The first-order chi connectivity index (χ1) is 10.5. The van der Waals surface area contributed by atoms with Gasteiger partial charge < -0.3 is 4.74 Å². The first-order valence-corrected chi connectivity index (χ1v) is 7.95. The lowest BCUT2D eigenvalue weighted by Crippen LogP contribution is -2.12. The lowest BCUT2D eigenvalue weighted by atomic mass is 9.81. The maximum atomic E-state index is 5.89. The van der Waals surface area contributed by atoms with Crippen molar-refractivity contribution in [3.63, 3.8) is 0 Å². The Kier molecular flexibility index (Phi) is 5.43. The third-order valence-electron chi connectivity index (χ3n) is 4.30. The molecule has 0 heterocycles. The summed E-state index contributed by atoms with van der Waals surface area (Å²) in [6.45, 7) is 10.7. The van der Waals surface area contributed by atoms with Crippen LogP contribution in [0.15, 0.2) is 66.7 Å². The topological polar surface area (TPSA) is 9.23 Å². The van der Waals surface area contributed by atoms with Crippen molar-refractivity contribution in [3.05, 3.63) is 72.3 Å². The smallest absolute Gasteiger partial charge is 0.127 e. The Morgan fingerprint density at radius 1 is 1.00 bits per heavy atom. The molecule has 0 fully saturated rings. The molecule has 1 heteroatoms. The van der Waals surface area contributed by atoms with Gasteiger partial charge in [-0.3, -0.25) is 0 Å². The SMILES string of the molecule is C=C(C)C(C)(C)CCCc1cccc(Oc2ccccc2)c1. The molecule has 2 aromatic rings. The van der Waals surface area contributed by atoms with Crippen LogP contribution >= 0.6 is 0 Å². The third kappa shape index (κ3) is 4.77. The van der Waals surface area contributed by atoms with E-state index in [2.05, 4.69) is 45.5 Å². The molecule has 0 amide bonds. The van der Waals surface area contributed by atoms with Gasteiger partial charge in [0.15, 0.2) is 0 Å². The number of para-hydroxylation sites is 1. The third-order valence-corrected chi connectivity index (χ3v) is 4.30. The van der Waals surface area contributed by atoms with E-state index in [1.807, 2.05) is 36.4 Å². The number of ether oxygens (including phenoxy) is 1. The largest absolute Gasteiger partial charge is 0.457 e. The van der Waals surface area contributed by atoms with Gasteiger partial charge in [0.05, 0.1) is 0 Å². The Hall–Kier alpha value is -2.02. The number of rotatable bonds is 7. The van der Waals surface area contributed by atoms with E-state index in [4.69, 9.17) is 4.74 Å². The standard InChI is InChI=1S/C21H26O/c1-17(2)21(3,4)15-9-11-18-10-8-14-20(16-18)22-19-12-6-5-7-13-19/h5-8,10,12-14,16H,1,9,11,15H2,2-4H3. The molecule has 0 bridgehead atoms. The Labute approximate surface area is 134 Å². The number of allylic oxidation sites excluding steroid dienone is 1. The lowest BCUT2D eigenvalue weighted by Gasteiger charge is -2.25. The van der Waals surface area contributed by atoms with Crippen molar-refractivity contribution >= 4 is 0 Å². The van der Waals surface area contributed by atoms with E-state index < -0.39 is 0 Å². The van der Waals surface area contributed by atoms with E-state index in [0.717, 1.165) is 30.8 Å². The summed E-state index contributed by atoms with van der Waals surface area (Å²) in [5, 5.41) is 0. The van der Waals surface area contributed by atoms with Crippen LogP contribution in [0.3, 0.4) is 0 Å². The summed E-state index contributed by atoms with van der Waals surface area (Å²) in [6, 6.07) is 18.3. The van der Waals surface area contributed by atoms with Crippen molar-refractivity contribution in [2.45, 2.75) is 40.0 Å². The van der Waals surface area contributed by atoms with Crippen LogP contribution in [-0.4, -0.2) is 0 Å². The van der Waals surface area contributed by atoms with Crippen LogP contribution in [-0.2, 0) is 6.42 Å². The predicted molar refractivity (Wildman–Crippen MR) is 94.5 cm³/mol. The fourth-order valence-corrected chi connectivity index (χ4v) is 2.34. The molecule has 0 atom stereocenters. The second kappa shape index (κ2) is 7.31. The zero-order valence-electron chi connectivity index (χ0n) is 13.9. The van der Waals surface area contributed by atoms with E-state index >= 15 is 0 Å². The monoisotopic (exact) mass is 294 g/mol. The molecule has 2 rings (SSSR count). The lowest BCUT2D eigenvalue weighted by molar-refractivity contribution is 0.395. The molecule has 0 spiro atoms. The van der Waals surface area contributed by atoms with E-state index in [0.29, 0.717) is 0 Å². The van der Waals surface area contributed by atoms with Gasteiger partial charge in [0, 0.05) is 0 Å². The highest BCUT2D eigenvalue weighted by atomic mass is 16.5. The van der Waals surface area contributed by atoms with Crippen LogP contribution in [0.4, 0.5) is 0 Å². The predicted octanol–water partition coefficient (Wildman–Crippen LogP) is 6.40. The van der Waals surface area contributed by atoms with E-state index in [1.54, 1.807) is 0 Å². The van der Waals surface area contributed by atoms with Gasteiger partial charge in [-0.1, -0.05) is 56.3 Å². The Morgan fingerprint density at radius 2 is 1.68 bits per heavy atom. The fourth-order valence-electron chi connectivity index (χ4n) is 2.34. The maximum Gasteiger partial charge on any atom is 0.127 e. The first-order valence-electron chi connectivity index (χ1n) is 7.95. The van der Waals surface area contributed by atoms with Crippen molar-refractivity contribution in [2.24, 2.45) is 5.41 Å². The van der Waals surface area contributed by atoms with Crippen molar-refractivity contribution in [1.29, 1.82) is 0 Å². The normalized spacial score (nSPS) is 11.2. The van der Waals surface area contributed by atoms with Gasteiger partial charge in [0.25, 0.3) is 0 Å².